The van der Waals surface area contributed by atoms with Crippen LogP contribution in [0.3, 0.4) is 0 Å². The monoisotopic (exact) mass is 406 g/mol. The zero-order chi connectivity index (χ0) is 15.1. The van der Waals surface area contributed by atoms with Crippen molar-refractivity contribution >= 4 is 37.8 Å². The highest BCUT2D eigenvalue weighted by molar-refractivity contribution is 9.11. The number of amides is 1. The van der Waals surface area contributed by atoms with Crippen LogP contribution in [-0.4, -0.2) is 37.6 Å². The summed E-state index contributed by atoms with van der Waals surface area (Å²) in [5.41, 5.74) is 1.13. The minimum absolute atomic E-state index is 0.00639. The van der Waals surface area contributed by atoms with Crippen molar-refractivity contribution in [2.24, 2.45) is 0 Å². The second-order valence-corrected chi connectivity index (χ2v) is 5.98. The fourth-order valence-corrected chi connectivity index (χ4v) is 3.37. The van der Waals surface area contributed by atoms with Gasteiger partial charge >= 0.3 is 0 Å². The maximum absolute atomic E-state index is 11.9. The predicted molar refractivity (Wildman–Crippen MR) is 88.0 cm³/mol. The van der Waals surface area contributed by atoms with Gasteiger partial charge in [0.2, 0.25) is 0 Å². The molecule has 112 valence electrons. The fraction of sp³-hybridized carbons (Fsp3) is 0.500. The van der Waals surface area contributed by atoms with Crippen LogP contribution in [0.25, 0.3) is 0 Å². The van der Waals surface area contributed by atoms with Crippen molar-refractivity contribution in [1.82, 2.24) is 10.2 Å². The van der Waals surface area contributed by atoms with Gasteiger partial charge in [-0.15, -0.1) is 0 Å². The molecule has 0 aliphatic carbocycles. The van der Waals surface area contributed by atoms with Gasteiger partial charge in [0, 0.05) is 19.6 Å². The van der Waals surface area contributed by atoms with Crippen molar-refractivity contribution in [2.45, 2.75) is 20.4 Å². The Morgan fingerprint density at radius 1 is 1.25 bits per heavy atom. The Kier molecular flexibility index (Phi) is 7.55. The van der Waals surface area contributed by atoms with E-state index in [9.17, 15) is 4.79 Å². The third-order valence-corrected chi connectivity index (χ3v) is 4.07. The molecule has 0 saturated heterocycles. The number of carbonyl (C=O) groups is 1. The molecule has 0 saturated carbocycles. The topological polar surface area (TPSA) is 41.6 Å². The lowest BCUT2D eigenvalue weighted by atomic mass is 10.2. The van der Waals surface area contributed by atoms with Crippen molar-refractivity contribution in [1.29, 1.82) is 0 Å². The maximum Gasteiger partial charge on any atom is 0.260 e. The molecule has 0 unspecified atom stereocenters. The molecule has 1 N–H and O–H groups in total. The second-order valence-electron chi connectivity index (χ2n) is 4.27. The van der Waals surface area contributed by atoms with E-state index in [-0.39, 0.29) is 12.5 Å². The van der Waals surface area contributed by atoms with Crippen LogP contribution < -0.4 is 10.1 Å². The maximum atomic E-state index is 11.9. The van der Waals surface area contributed by atoms with E-state index in [4.69, 9.17) is 4.74 Å². The smallest absolute Gasteiger partial charge is 0.260 e. The van der Waals surface area contributed by atoms with Gasteiger partial charge < -0.3 is 15.0 Å². The molecule has 0 bridgehead atoms. The lowest BCUT2D eigenvalue weighted by Crippen LogP contribution is -2.34. The quantitative estimate of drug-likeness (QED) is 0.754. The normalized spacial score (nSPS) is 10.4. The molecule has 0 fully saturated rings. The fourth-order valence-electron chi connectivity index (χ4n) is 1.86. The number of rotatable bonds is 7. The largest absolute Gasteiger partial charge is 0.481 e. The average molecular weight is 408 g/mol. The molecular weight excluding hydrogens is 388 g/mol. The lowest BCUT2D eigenvalue weighted by Gasteiger charge is -2.19. The van der Waals surface area contributed by atoms with Gasteiger partial charge in [-0.1, -0.05) is 0 Å². The van der Waals surface area contributed by atoms with E-state index >= 15 is 0 Å². The first-order valence-corrected chi connectivity index (χ1v) is 8.15. The van der Waals surface area contributed by atoms with Gasteiger partial charge in [-0.05, 0) is 70.5 Å². The van der Waals surface area contributed by atoms with Gasteiger partial charge in [-0.25, -0.2) is 0 Å². The highest BCUT2D eigenvalue weighted by Gasteiger charge is 2.14. The molecule has 0 atom stereocenters. The Hall–Kier alpha value is -0.590. The minimum atomic E-state index is -0.00639. The van der Waals surface area contributed by atoms with E-state index in [0.29, 0.717) is 18.8 Å². The number of nitrogens with zero attached hydrogens (tertiary/aromatic N) is 1. The minimum Gasteiger partial charge on any atom is -0.481 e. The molecule has 1 aromatic rings. The van der Waals surface area contributed by atoms with E-state index in [0.717, 1.165) is 21.1 Å². The zero-order valence-electron chi connectivity index (χ0n) is 12.0. The summed E-state index contributed by atoms with van der Waals surface area (Å²) in [6.07, 6.45) is 0. The summed E-state index contributed by atoms with van der Waals surface area (Å²) in [5.74, 6) is 0.651. The molecule has 1 aromatic carbocycles. The molecule has 0 heterocycles. The first kappa shape index (κ1) is 17.5. The average Bonchev–Trinajstić information content (AvgIpc) is 2.39. The summed E-state index contributed by atoms with van der Waals surface area (Å²) >= 11 is 6.96. The van der Waals surface area contributed by atoms with Crippen molar-refractivity contribution in [3.05, 3.63) is 26.6 Å². The predicted octanol–water partition coefficient (Wildman–Crippen LogP) is 3.18. The molecule has 6 heteroatoms. The van der Waals surface area contributed by atoms with Crippen LogP contribution in [0.5, 0.6) is 5.75 Å². The van der Waals surface area contributed by atoms with Crippen molar-refractivity contribution < 1.29 is 9.53 Å². The summed E-state index contributed by atoms with van der Waals surface area (Å²) < 4.78 is 7.32. The van der Waals surface area contributed by atoms with Crippen LogP contribution in [0.1, 0.15) is 19.4 Å². The van der Waals surface area contributed by atoms with Crippen LogP contribution in [-0.2, 0) is 11.3 Å². The first-order valence-electron chi connectivity index (χ1n) is 6.56. The lowest BCUT2D eigenvalue weighted by molar-refractivity contribution is -0.133. The zero-order valence-corrected chi connectivity index (χ0v) is 15.2. The summed E-state index contributed by atoms with van der Waals surface area (Å²) in [6, 6.07) is 3.97. The number of nitrogens with one attached hydrogen (secondary N) is 1. The number of carbonyl (C=O) groups excluding carboxylic acids is 1. The second kappa shape index (κ2) is 8.64. The van der Waals surface area contributed by atoms with Crippen LogP contribution >= 0.6 is 31.9 Å². The Morgan fingerprint density at radius 3 is 2.25 bits per heavy atom. The number of benzene rings is 1. The Balaban J connectivity index is 2.76. The number of hydrogen-bond acceptors (Lipinski definition) is 3. The Labute approximate surface area is 137 Å². The third kappa shape index (κ3) is 4.75. The summed E-state index contributed by atoms with van der Waals surface area (Å²) in [6.45, 7) is 6.13. The van der Waals surface area contributed by atoms with Crippen LogP contribution in [0, 0.1) is 0 Å². The summed E-state index contributed by atoms with van der Waals surface area (Å²) in [4.78, 5) is 13.7. The van der Waals surface area contributed by atoms with Gasteiger partial charge in [0.1, 0.15) is 5.75 Å². The van der Waals surface area contributed by atoms with Gasteiger partial charge in [0.25, 0.3) is 5.91 Å². The van der Waals surface area contributed by atoms with Gasteiger partial charge in [-0.3, -0.25) is 4.79 Å². The first-order chi connectivity index (χ1) is 9.53. The van der Waals surface area contributed by atoms with Crippen molar-refractivity contribution in [3.63, 3.8) is 0 Å². The highest BCUT2D eigenvalue weighted by Crippen LogP contribution is 2.34. The summed E-state index contributed by atoms with van der Waals surface area (Å²) in [5, 5.41) is 3.09. The molecule has 0 aromatic heterocycles. The SMILES string of the molecule is CCN(CC)C(=O)COc1c(Br)cc(CNC)cc1Br. The van der Waals surface area contributed by atoms with E-state index < -0.39 is 0 Å². The number of halogens is 2. The van der Waals surface area contributed by atoms with E-state index in [1.165, 1.54) is 0 Å². The molecular formula is C14H20Br2N2O2. The molecule has 1 rings (SSSR count). The molecule has 20 heavy (non-hydrogen) atoms. The standard InChI is InChI=1S/C14H20Br2N2O2/c1-4-18(5-2)13(19)9-20-14-11(15)6-10(8-17-3)7-12(14)16/h6-7,17H,4-5,8-9H2,1-3H3. The number of likely N-dealkylation sites (N-methyl/N-ethyl adjacent to an activating group) is 1. The van der Waals surface area contributed by atoms with Gasteiger partial charge in [0.15, 0.2) is 6.61 Å². The summed E-state index contributed by atoms with van der Waals surface area (Å²) in [7, 11) is 1.90. The molecule has 0 radical (unpaired) electrons. The highest BCUT2D eigenvalue weighted by atomic mass is 79.9. The Morgan fingerprint density at radius 2 is 1.80 bits per heavy atom. The van der Waals surface area contributed by atoms with Crippen molar-refractivity contribution in [3.8, 4) is 5.75 Å². The number of ether oxygens (including phenoxy) is 1. The van der Waals surface area contributed by atoms with Crippen LogP contribution in [0.2, 0.25) is 0 Å². The molecule has 4 nitrogen and oxygen atoms in total. The van der Waals surface area contributed by atoms with Gasteiger partial charge in [0.05, 0.1) is 8.95 Å². The van der Waals surface area contributed by atoms with Crippen LogP contribution in [0.15, 0.2) is 21.1 Å². The molecule has 1 amide bonds. The number of hydrogen-bond donors (Lipinski definition) is 1. The Bertz CT molecular complexity index is 439. The van der Waals surface area contributed by atoms with Crippen molar-refractivity contribution in [2.75, 3.05) is 26.7 Å². The van der Waals surface area contributed by atoms with Gasteiger partial charge in [-0.2, -0.15) is 0 Å². The molecule has 0 spiro atoms. The third-order valence-electron chi connectivity index (χ3n) is 2.90. The molecule has 0 aliphatic heterocycles. The van der Waals surface area contributed by atoms with E-state index in [1.54, 1.807) is 4.90 Å². The van der Waals surface area contributed by atoms with E-state index in [1.807, 2.05) is 33.0 Å². The van der Waals surface area contributed by atoms with Crippen LogP contribution in [0.4, 0.5) is 0 Å². The molecule has 0 aliphatic rings. The van der Waals surface area contributed by atoms with E-state index in [2.05, 4.69) is 37.2 Å².